The Labute approximate surface area is 94.8 Å². The molecule has 0 saturated heterocycles. The van der Waals surface area contributed by atoms with E-state index in [1.54, 1.807) is 20.2 Å². The van der Waals surface area contributed by atoms with Crippen molar-refractivity contribution in [2.45, 2.75) is 19.5 Å². The van der Waals surface area contributed by atoms with Crippen molar-refractivity contribution in [1.82, 2.24) is 10.3 Å². The molecule has 1 heterocycles. The van der Waals surface area contributed by atoms with Gasteiger partial charge in [0.1, 0.15) is 6.04 Å². The van der Waals surface area contributed by atoms with Crippen molar-refractivity contribution in [2.75, 3.05) is 14.2 Å². The summed E-state index contributed by atoms with van der Waals surface area (Å²) in [4.78, 5) is 15.1. The molecule has 88 valence electrons. The number of esters is 1. The number of rotatable bonds is 5. The third-order valence-corrected chi connectivity index (χ3v) is 2.18. The maximum Gasteiger partial charge on any atom is 0.322 e. The van der Waals surface area contributed by atoms with Crippen LogP contribution in [0.25, 0.3) is 0 Å². The fraction of sp³-hybridized carbons (Fsp3) is 0.455. The van der Waals surface area contributed by atoms with Crippen LogP contribution in [0.3, 0.4) is 0 Å². The lowest BCUT2D eigenvalue weighted by Gasteiger charge is -2.11. The van der Waals surface area contributed by atoms with Gasteiger partial charge in [-0.1, -0.05) is 0 Å². The molecule has 0 fully saturated rings. The van der Waals surface area contributed by atoms with Crippen molar-refractivity contribution in [1.29, 1.82) is 0 Å². The lowest BCUT2D eigenvalue weighted by Crippen LogP contribution is -2.34. The third kappa shape index (κ3) is 3.51. The number of hydrogen-bond donors (Lipinski definition) is 1. The van der Waals surface area contributed by atoms with Gasteiger partial charge in [-0.05, 0) is 18.6 Å². The zero-order valence-corrected chi connectivity index (χ0v) is 9.69. The first kappa shape index (κ1) is 12.4. The van der Waals surface area contributed by atoms with E-state index in [1.807, 2.05) is 12.1 Å². The number of aromatic nitrogens is 1. The Kier molecular flexibility index (Phi) is 4.72. The van der Waals surface area contributed by atoms with Crippen LogP contribution in [-0.2, 0) is 16.1 Å². The highest BCUT2D eigenvalue weighted by Crippen LogP contribution is 2.08. The van der Waals surface area contributed by atoms with Gasteiger partial charge in [0, 0.05) is 18.8 Å². The highest BCUT2D eigenvalue weighted by Gasteiger charge is 2.11. The second kappa shape index (κ2) is 6.07. The molecule has 1 unspecified atom stereocenters. The van der Waals surface area contributed by atoms with Crippen LogP contribution in [0.2, 0.25) is 0 Å². The molecular formula is C11H16N2O3. The molecule has 0 aliphatic rings. The lowest BCUT2D eigenvalue weighted by molar-refractivity contribution is -0.142. The van der Waals surface area contributed by atoms with E-state index in [2.05, 4.69) is 15.0 Å². The molecule has 0 spiro atoms. The van der Waals surface area contributed by atoms with Crippen LogP contribution in [0, 0.1) is 0 Å². The predicted molar refractivity (Wildman–Crippen MR) is 59.1 cm³/mol. The minimum Gasteiger partial charge on any atom is -0.481 e. The molecule has 0 bridgehead atoms. The van der Waals surface area contributed by atoms with E-state index < -0.39 is 0 Å². The number of nitrogens with one attached hydrogen (secondary N) is 1. The largest absolute Gasteiger partial charge is 0.481 e. The van der Waals surface area contributed by atoms with E-state index in [0.29, 0.717) is 12.4 Å². The van der Waals surface area contributed by atoms with Crippen LogP contribution in [0.15, 0.2) is 18.3 Å². The van der Waals surface area contributed by atoms with Gasteiger partial charge in [0.05, 0.1) is 14.2 Å². The molecule has 5 nitrogen and oxygen atoms in total. The minimum atomic E-state index is -0.329. The van der Waals surface area contributed by atoms with Crippen LogP contribution >= 0.6 is 0 Å². The van der Waals surface area contributed by atoms with Crippen molar-refractivity contribution >= 4 is 5.97 Å². The van der Waals surface area contributed by atoms with Gasteiger partial charge in [0.15, 0.2) is 0 Å². The first-order chi connectivity index (χ1) is 7.67. The lowest BCUT2D eigenvalue weighted by atomic mass is 10.2. The Morgan fingerprint density at radius 3 is 2.94 bits per heavy atom. The molecule has 1 atom stereocenters. The normalized spacial score (nSPS) is 11.9. The highest BCUT2D eigenvalue weighted by atomic mass is 16.5. The van der Waals surface area contributed by atoms with Crippen LogP contribution < -0.4 is 10.1 Å². The Morgan fingerprint density at radius 2 is 2.31 bits per heavy atom. The van der Waals surface area contributed by atoms with Gasteiger partial charge in [-0.3, -0.25) is 4.79 Å². The third-order valence-electron chi connectivity index (χ3n) is 2.18. The summed E-state index contributed by atoms with van der Waals surface area (Å²) in [6.07, 6.45) is 1.67. The molecule has 1 aromatic rings. The highest BCUT2D eigenvalue weighted by molar-refractivity contribution is 5.75. The summed E-state index contributed by atoms with van der Waals surface area (Å²) in [6.45, 7) is 2.32. The smallest absolute Gasteiger partial charge is 0.322 e. The van der Waals surface area contributed by atoms with Crippen LogP contribution in [-0.4, -0.2) is 31.2 Å². The van der Waals surface area contributed by atoms with E-state index in [-0.39, 0.29) is 12.0 Å². The Balaban J connectivity index is 2.51. The van der Waals surface area contributed by atoms with Crippen LogP contribution in [0.1, 0.15) is 12.5 Å². The number of pyridine rings is 1. The SMILES string of the molecule is COC(=O)C(C)NCc1ccnc(OC)c1. The maximum absolute atomic E-state index is 11.1. The molecule has 0 aromatic carbocycles. The molecule has 16 heavy (non-hydrogen) atoms. The Hall–Kier alpha value is -1.62. The van der Waals surface area contributed by atoms with Crippen molar-refractivity contribution in [2.24, 2.45) is 0 Å². The van der Waals surface area contributed by atoms with Gasteiger partial charge < -0.3 is 14.8 Å². The van der Waals surface area contributed by atoms with Crippen molar-refractivity contribution < 1.29 is 14.3 Å². The summed E-state index contributed by atoms with van der Waals surface area (Å²) in [5, 5.41) is 3.04. The first-order valence-electron chi connectivity index (χ1n) is 4.97. The maximum atomic E-state index is 11.1. The average molecular weight is 224 g/mol. The summed E-state index contributed by atoms with van der Waals surface area (Å²) in [7, 11) is 2.94. The second-order valence-electron chi connectivity index (χ2n) is 3.33. The van der Waals surface area contributed by atoms with E-state index >= 15 is 0 Å². The zero-order valence-electron chi connectivity index (χ0n) is 9.69. The molecule has 0 saturated carbocycles. The number of methoxy groups -OCH3 is 2. The van der Waals surface area contributed by atoms with E-state index in [1.165, 1.54) is 7.11 Å². The van der Waals surface area contributed by atoms with Gasteiger partial charge in [0.25, 0.3) is 0 Å². The van der Waals surface area contributed by atoms with E-state index in [4.69, 9.17) is 4.74 Å². The summed E-state index contributed by atoms with van der Waals surface area (Å²) in [6, 6.07) is 3.35. The van der Waals surface area contributed by atoms with Crippen molar-refractivity contribution in [3.05, 3.63) is 23.9 Å². The quantitative estimate of drug-likeness (QED) is 0.747. The second-order valence-corrected chi connectivity index (χ2v) is 3.33. The Bertz CT molecular complexity index is 355. The Morgan fingerprint density at radius 1 is 1.56 bits per heavy atom. The standard InChI is InChI=1S/C11H16N2O3/c1-8(11(14)16-3)13-7-9-4-5-12-10(6-9)15-2/h4-6,8,13H,7H2,1-3H3. The molecule has 0 amide bonds. The van der Waals surface area contributed by atoms with Gasteiger partial charge in [-0.15, -0.1) is 0 Å². The van der Waals surface area contributed by atoms with Gasteiger partial charge in [0.2, 0.25) is 5.88 Å². The molecule has 5 heteroatoms. The topological polar surface area (TPSA) is 60.5 Å². The van der Waals surface area contributed by atoms with E-state index in [0.717, 1.165) is 5.56 Å². The summed E-state index contributed by atoms with van der Waals surface area (Å²) in [5.74, 6) is 0.283. The molecule has 0 aliphatic heterocycles. The summed E-state index contributed by atoms with van der Waals surface area (Å²) < 4.78 is 9.61. The molecule has 1 rings (SSSR count). The van der Waals surface area contributed by atoms with E-state index in [9.17, 15) is 4.79 Å². The number of hydrogen-bond acceptors (Lipinski definition) is 5. The average Bonchev–Trinajstić information content (AvgIpc) is 2.35. The zero-order chi connectivity index (χ0) is 12.0. The van der Waals surface area contributed by atoms with Crippen molar-refractivity contribution in [3.63, 3.8) is 0 Å². The molecule has 1 N–H and O–H groups in total. The molecule has 0 radical (unpaired) electrons. The summed E-state index contributed by atoms with van der Waals surface area (Å²) in [5.41, 5.74) is 1.00. The molecule has 0 aliphatic carbocycles. The fourth-order valence-corrected chi connectivity index (χ4v) is 1.20. The fourth-order valence-electron chi connectivity index (χ4n) is 1.20. The van der Waals surface area contributed by atoms with Crippen LogP contribution in [0.5, 0.6) is 5.88 Å². The predicted octanol–water partition coefficient (Wildman–Crippen LogP) is 0.741. The number of carbonyl (C=O) groups excluding carboxylic acids is 1. The number of ether oxygens (including phenoxy) is 2. The van der Waals surface area contributed by atoms with Gasteiger partial charge in [-0.25, -0.2) is 4.98 Å². The van der Waals surface area contributed by atoms with Gasteiger partial charge >= 0.3 is 5.97 Å². The minimum absolute atomic E-state index is 0.277. The molecule has 1 aromatic heterocycles. The van der Waals surface area contributed by atoms with Gasteiger partial charge in [-0.2, -0.15) is 0 Å². The van der Waals surface area contributed by atoms with Crippen molar-refractivity contribution in [3.8, 4) is 5.88 Å². The first-order valence-corrected chi connectivity index (χ1v) is 4.97. The molecular weight excluding hydrogens is 208 g/mol. The summed E-state index contributed by atoms with van der Waals surface area (Å²) >= 11 is 0. The number of carbonyl (C=O) groups is 1. The number of nitrogens with zero attached hydrogens (tertiary/aromatic N) is 1. The monoisotopic (exact) mass is 224 g/mol. The van der Waals surface area contributed by atoms with Crippen LogP contribution in [0.4, 0.5) is 0 Å².